The molecule has 3 aromatic rings. The molecule has 0 aromatic heterocycles. The van der Waals surface area contributed by atoms with Gasteiger partial charge in [-0.25, -0.2) is 12.8 Å². The van der Waals surface area contributed by atoms with E-state index in [0.717, 1.165) is 9.87 Å². The Kier molecular flexibility index (Phi) is 6.52. The second-order valence-corrected chi connectivity index (χ2v) is 8.91. The number of amides is 1. The smallest absolute Gasteiger partial charge is 0.264 e. The molecule has 0 fully saturated rings. The summed E-state index contributed by atoms with van der Waals surface area (Å²) in [7, 11) is -2.39. The van der Waals surface area contributed by atoms with Gasteiger partial charge in [-0.2, -0.15) is 0 Å². The summed E-state index contributed by atoms with van der Waals surface area (Å²) in [6.45, 7) is 1.61. The van der Waals surface area contributed by atoms with Gasteiger partial charge in [0.15, 0.2) is 0 Å². The van der Waals surface area contributed by atoms with Crippen LogP contribution in [0.15, 0.2) is 83.8 Å². The summed E-state index contributed by atoms with van der Waals surface area (Å²) >= 11 is 0. The fourth-order valence-electron chi connectivity index (χ4n) is 3.05. The first-order valence-corrected chi connectivity index (χ1v) is 10.8. The first kappa shape index (κ1) is 21.5. The van der Waals surface area contributed by atoms with E-state index in [2.05, 4.69) is 0 Å². The molecule has 3 rings (SSSR count). The van der Waals surface area contributed by atoms with Crippen molar-refractivity contribution in [1.82, 2.24) is 4.90 Å². The molecule has 5 nitrogen and oxygen atoms in total. The summed E-state index contributed by atoms with van der Waals surface area (Å²) in [5, 5.41) is 0. The zero-order valence-corrected chi connectivity index (χ0v) is 17.6. The second-order valence-electron chi connectivity index (χ2n) is 7.04. The summed E-state index contributed by atoms with van der Waals surface area (Å²) in [5.41, 5.74) is 1.82. The quantitative estimate of drug-likeness (QED) is 0.574. The molecule has 0 unspecified atom stereocenters. The normalized spacial score (nSPS) is 11.2. The number of anilines is 1. The number of carbonyl (C=O) groups excluding carboxylic acids is 1. The van der Waals surface area contributed by atoms with Crippen LogP contribution in [0.1, 0.15) is 11.1 Å². The fraction of sp³-hybridized carbons (Fsp3) is 0.174. The van der Waals surface area contributed by atoms with Crippen molar-refractivity contribution in [3.8, 4) is 0 Å². The largest absolute Gasteiger partial charge is 0.340 e. The van der Waals surface area contributed by atoms with E-state index in [1.54, 1.807) is 61.6 Å². The molecule has 0 atom stereocenters. The van der Waals surface area contributed by atoms with Crippen LogP contribution in [0, 0.1) is 12.7 Å². The number of halogens is 1. The maximum Gasteiger partial charge on any atom is 0.264 e. The van der Waals surface area contributed by atoms with Crippen LogP contribution in [0.3, 0.4) is 0 Å². The first-order chi connectivity index (χ1) is 14.3. The molecule has 1 amide bonds. The Morgan fingerprint density at radius 1 is 0.933 bits per heavy atom. The Morgan fingerprint density at radius 2 is 1.63 bits per heavy atom. The Hall–Kier alpha value is -3.19. The number of carbonyl (C=O) groups is 1. The van der Waals surface area contributed by atoms with E-state index in [4.69, 9.17) is 0 Å². The lowest BCUT2D eigenvalue weighted by molar-refractivity contribution is -0.128. The van der Waals surface area contributed by atoms with E-state index in [-0.39, 0.29) is 23.8 Å². The van der Waals surface area contributed by atoms with Crippen LogP contribution in [-0.4, -0.2) is 32.8 Å². The lowest BCUT2D eigenvalue weighted by Gasteiger charge is -2.27. The summed E-state index contributed by atoms with van der Waals surface area (Å²) in [5.74, 6) is -0.791. The Morgan fingerprint density at radius 3 is 2.30 bits per heavy atom. The molecule has 0 bridgehead atoms. The topological polar surface area (TPSA) is 57.7 Å². The van der Waals surface area contributed by atoms with E-state index >= 15 is 0 Å². The van der Waals surface area contributed by atoms with Crippen molar-refractivity contribution < 1.29 is 17.6 Å². The van der Waals surface area contributed by atoms with Crippen LogP contribution >= 0.6 is 0 Å². The van der Waals surface area contributed by atoms with Crippen molar-refractivity contribution in [2.24, 2.45) is 0 Å². The van der Waals surface area contributed by atoms with Crippen LogP contribution in [0.5, 0.6) is 0 Å². The van der Waals surface area contributed by atoms with Crippen molar-refractivity contribution >= 4 is 21.6 Å². The standard InChI is InChI=1S/C23H23FN2O3S/c1-18-8-6-13-22(14-18)30(28,29)26(21-11-4-3-5-12-21)17-23(27)25(2)16-19-9-7-10-20(24)15-19/h3-15H,16-17H2,1-2H3. The molecule has 0 aliphatic heterocycles. The third kappa shape index (κ3) is 5.04. The van der Waals surface area contributed by atoms with Gasteiger partial charge in [0, 0.05) is 13.6 Å². The minimum Gasteiger partial charge on any atom is -0.340 e. The number of benzene rings is 3. The third-order valence-electron chi connectivity index (χ3n) is 4.64. The van der Waals surface area contributed by atoms with Gasteiger partial charge in [-0.15, -0.1) is 0 Å². The molecule has 0 aliphatic carbocycles. The third-order valence-corrected chi connectivity index (χ3v) is 6.40. The molecule has 0 saturated heterocycles. The highest BCUT2D eigenvalue weighted by molar-refractivity contribution is 7.92. The molecular weight excluding hydrogens is 403 g/mol. The molecule has 0 saturated carbocycles. The highest BCUT2D eigenvalue weighted by Crippen LogP contribution is 2.24. The molecule has 0 N–H and O–H groups in total. The van der Waals surface area contributed by atoms with Crippen LogP contribution in [-0.2, 0) is 21.4 Å². The minimum absolute atomic E-state index is 0.118. The lowest BCUT2D eigenvalue weighted by Crippen LogP contribution is -2.41. The molecule has 156 valence electrons. The van der Waals surface area contributed by atoms with Gasteiger partial charge < -0.3 is 4.90 Å². The first-order valence-electron chi connectivity index (χ1n) is 9.40. The van der Waals surface area contributed by atoms with Crippen molar-refractivity contribution in [2.45, 2.75) is 18.4 Å². The maximum absolute atomic E-state index is 13.4. The highest BCUT2D eigenvalue weighted by Gasteiger charge is 2.28. The molecule has 0 spiro atoms. The molecule has 7 heteroatoms. The predicted octanol–water partition coefficient (Wildman–Crippen LogP) is 3.99. The van der Waals surface area contributed by atoms with Gasteiger partial charge in [-0.1, -0.05) is 42.5 Å². The van der Waals surface area contributed by atoms with Gasteiger partial charge in [0.2, 0.25) is 5.91 Å². The van der Waals surface area contributed by atoms with Crippen molar-refractivity contribution in [3.05, 3.63) is 95.8 Å². The van der Waals surface area contributed by atoms with E-state index < -0.39 is 15.9 Å². The minimum atomic E-state index is -3.96. The number of para-hydroxylation sites is 1. The monoisotopic (exact) mass is 426 g/mol. The summed E-state index contributed by atoms with van der Waals surface area (Å²) in [6.07, 6.45) is 0. The van der Waals surface area contributed by atoms with Crippen LogP contribution in [0.25, 0.3) is 0 Å². The van der Waals surface area contributed by atoms with Crippen molar-refractivity contribution in [2.75, 3.05) is 17.9 Å². The van der Waals surface area contributed by atoms with Gasteiger partial charge in [0.25, 0.3) is 10.0 Å². The average Bonchev–Trinajstić information content (AvgIpc) is 2.72. The van der Waals surface area contributed by atoms with Crippen molar-refractivity contribution in [3.63, 3.8) is 0 Å². The summed E-state index contributed by atoms with van der Waals surface area (Å²) in [4.78, 5) is 14.4. The molecule has 0 radical (unpaired) electrons. The highest BCUT2D eigenvalue weighted by atomic mass is 32.2. The van der Waals surface area contributed by atoms with Gasteiger partial charge in [0.05, 0.1) is 10.6 Å². The molecule has 30 heavy (non-hydrogen) atoms. The summed E-state index contributed by atoms with van der Waals surface area (Å²) < 4.78 is 41.2. The zero-order chi connectivity index (χ0) is 21.7. The van der Waals surface area contributed by atoms with Gasteiger partial charge >= 0.3 is 0 Å². The van der Waals surface area contributed by atoms with Crippen LogP contribution in [0.2, 0.25) is 0 Å². The van der Waals surface area contributed by atoms with E-state index in [9.17, 15) is 17.6 Å². The molecule has 0 heterocycles. The number of sulfonamides is 1. The molecule has 0 aliphatic rings. The molecular formula is C23H23FN2O3S. The number of hydrogen-bond donors (Lipinski definition) is 0. The number of aryl methyl sites for hydroxylation is 1. The lowest BCUT2D eigenvalue weighted by atomic mass is 10.2. The average molecular weight is 427 g/mol. The molecule has 3 aromatic carbocycles. The van der Waals surface area contributed by atoms with Gasteiger partial charge in [-0.05, 0) is 54.4 Å². The van der Waals surface area contributed by atoms with E-state index in [1.165, 1.54) is 23.1 Å². The number of hydrogen-bond acceptors (Lipinski definition) is 3. The fourth-order valence-corrected chi connectivity index (χ4v) is 4.57. The Bertz CT molecular complexity index is 1130. The number of nitrogens with zero attached hydrogens (tertiary/aromatic N) is 2. The maximum atomic E-state index is 13.4. The number of rotatable bonds is 7. The van der Waals surface area contributed by atoms with E-state index in [0.29, 0.717) is 11.3 Å². The van der Waals surface area contributed by atoms with Gasteiger partial charge in [-0.3, -0.25) is 9.10 Å². The predicted molar refractivity (Wildman–Crippen MR) is 115 cm³/mol. The Labute approximate surface area is 176 Å². The SMILES string of the molecule is Cc1cccc(S(=O)(=O)N(CC(=O)N(C)Cc2cccc(F)c2)c2ccccc2)c1. The van der Waals surface area contributed by atoms with Crippen molar-refractivity contribution in [1.29, 1.82) is 0 Å². The number of likely N-dealkylation sites (N-methyl/N-ethyl adjacent to an activating group) is 1. The zero-order valence-electron chi connectivity index (χ0n) is 16.8. The van der Waals surface area contributed by atoms with Gasteiger partial charge in [0.1, 0.15) is 12.4 Å². The van der Waals surface area contributed by atoms with Crippen LogP contribution < -0.4 is 4.31 Å². The van der Waals surface area contributed by atoms with Crippen LogP contribution in [0.4, 0.5) is 10.1 Å². The second kappa shape index (κ2) is 9.09. The Balaban J connectivity index is 1.89. The van der Waals surface area contributed by atoms with E-state index in [1.807, 2.05) is 13.0 Å². The summed E-state index contributed by atoms with van der Waals surface area (Å²) in [6, 6.07) is 21.0.